The minimum Gasteiger partial charge on any atom is -0.493 e. The molecule has 2 unspecified atom stereocenters. The first-order valence-electron chi connectivity index (χ1n) is 6.14. The van der Waals surface area contributed by atoms with Gasteiger partial charge in [-0.15, -0.1) is 0 Å². The molecule has 0 aromatic heterocycles. The van der Waals surface area contributed by atoms with Crippen molar-refractivity contribution in [2.45, 2.75) is 37.9 Å². The van der Waals surface area contributed by atoms with Crippen LogP contribution in [0.15, 0.2) is 16.6 Å². The average Bonchev–Trinajstić information content (AvgIpc) is 2.63. The van der Waals surface area contributed by atoms with Gasteiger partial charge in [-0.3, -0.25) is 0 Å². The Morgan fingerprint density at radius 3 is 2.82 bits per heavy atom. The fraction of sp³-hybridized carbons (Fsp3) is 0.571. The number of rotatable bonds is 4. The van der Waals surface area contributed by atoms with Gasteiger partial charge in [-0.1, -0.05) is 45.7 Å². The van der Waals surface area contributed by atoms with Crippen LogP contribution in [-0.4, -0.2) is 11.4 Å². The molecule has 1 heterocycles. The molecule has 2 atom stereocenters. The number of benzene rings is 1. The van der Waals surface area contributed by atoms with Crippen molar-refractivity contribution in [2.24, 2.45) is 5.92 Å². The van der Waals surface area contributed by atoms with Crippen molar-refractivity contribution >= 4 is 31.9 Å². The Morgan fingerprint density at radius 2 is 2.12 bits per heavy atom. The van der Waals surface area contributed by atoms with Crippen LogP contribution in [0.3, 0.4) is 0 Å². The molecule has 1 nitrogen and oxygen atoms in total. The van der Waals surface area contributed by atoms with Gasteiger partial charge in [0.2, 0.25) is 0 Å². The van der Waals surface area contributed by atoms with Crippen molar-refractivity contribution < 1.29 is 4.74 Å². The normalized spacial score (nSPS) is 17.4. The summed E-state index contributed by atoms with van der Waals surface area (Å²) < 4.78 is 6.93. The summed E-state index contributed by atoms with van der Waals surface area (Å²) in [5.41, 5.74) is 2.71. The van der Waals surface area contributed by atoms with Crippen molar-refractivity contribution in [2.75, 3.05) is 6.61 Å². The Morgan fingerprint density at radius 1 is 1.35 bits per heavy atom. The standard InChI is InChI=1S/C14H18Br2O/c1-9(5-10(2)15)6-12-8-13(16)7-11-3-4-17-14(11)12/h7-10H,3-6H2,1-2H3. The summed E-state index contributed by atoms with van der Waals surface area (Å²) in [6.45, 7) is 5.35. The van der Waals surface area contributed by atoms with E-state index in [0.29, 0.717) is 10.7 Å². The van der Waals surface area contributed by atoms with Gasteiger partial charge in [0.05, 0.1) is 6.61 Å². The Bertz CT molecular complexity index is 401. The van der Waals surface area contributed by atoms with Crippen molar-refractivity contribution in [3.63, 3.8) is 0 Å². The molecular weight excluding hydrogens is 344 g/mol. The monoisotopic (exact) mass is 360 g/mol. The Labute approximate surface area is 120 Å². The molecule has 1 aromatic carbocycles. The zero-order valence-corrected chi connectivity index (χ0v) is 13.5. The molecule has 0 aliphatic carbocycles. The van der Waals surface area contributed by atoms with Gasteiger partial charge < -0.3 is 4.74 Å². The van der Waals surface area contributed by atoms with E-state index in [4.69, 9.17) is 4.74 Å². The van der Waals surface area contributed by atoms with E-state index < -0.39 is 0 Å². The Balaban J connectivity index is 2.15. The van der Waals surface area contributed by atoms with Crippen molar-refractivity contribution in [3.8, 4) is 5.75 Å². The van der Waals surface area contributed by atoms with Gasteiger partial charge in [-0.2, -0.15) is 0 Å². The summed E-state index contributed by atoms with van der Waals surface area (Å²) in [6, 6.07) is 4.39. The zero-order chi connectivity index (χ0) is 12.4. The highest BCUT2D eigenvalue weighted by Crippen LogP contribution is 2.35. The predicted molar refractivity (Wildman–Crippen MR) is 79.2 cm³/mol. The van der Waals surface area contributed by atoms with Crippen LogP contribution in [0.4, 0.5) is 0 Å². The van der Waals surface area contributed by atoms with Gasteiger partial charge in [0.1, 0.15) is 5.75 Å². The third-order valence-corrected chi connectivity index (χ3v) is 3.95. The van der Waals surface area contributed by atoms with Gasteiger partial charge >= 0.3 is 0 Å². The number of halogens is 2. The molecule has 0 bridgehead atoms. The number of hydrogen-bond donors (Lipinski definition) is 0. The minimum absolute atomic E-state index is 0.582. The highest BCUT2D eigenvalue weighted by Gasteiger charge is 2.19. The van der Waals surface area contributed by atoms with Crippen LogP contribution in [-0.2, 0) is 12.8 Å². The molecule has 1 aliphatic rings. The summed E-state index contributed by atoms with van der Waals surface area (Å²) >= 11 is 7.22. The highest BCUT2D eigenvalue weighted by molar-refractivity contribution is 9.10. The average molecular weight is 362 g/mol. The SMILES string of the molecule is CC(Br)CC(C)Cc1cc(Br)cc2c1OCC2. The molecule has 0 saturated heterocycles. The minimum atomic E-state index is 0.582. The summed E-state index contributed by atoms with van der Waals surface area (Å²) in [5, 5.41) is 0. The number of alkyl halides is 1. The molecule has 0 N–H and O–H groups in total. The number of ether oxygens (including phenoxy) is 1. The van der Waals surface area contributed by atoms with E-state index in [0.717, 1.165) is 25.2 Å². The van der Waals surface area contributed by atoms with Crippen molar-refractivity contribution in [1.29, 1.82) is 0 Å². The molecule has 1 aromatic rings. The molecule has 0 amide bonds. The maximum Gasteiger partial charge on any atom is 0.125 e. The topological polar surface area (TPSA) is 9.23 Å². The van der Waals surface area contributed by atoms with E-state index in [1.54, 1.807) is 0 Å². The van der Waals surface area contributed by atoms with Crippen LogP contribution < -0.4 is 4.74 Å². The molecular formula is C14H18Br2O. The summed E-state index contributed by atoms with van der Waals surface area (Å²) in [7, 11) is 0. The molecule has 3 heteroatoms. The smallest absolute Gasteiger partial charge is 0.125 e. The lowest BCUT2D eigenvalue weighted by Crippen LogP contribution is -2.06. The van der Waals surface area contributed by atoms with E-state index >= 15 is 0 Å². The third-order valence-electron chi connectivity index (χ3n) is 3.12. The van der Waals surface area contributed by atoms with Gasteiger partial charge in [-0.25, -0.2) is 0 Å². The first-order valence-corrected chi connectivity index (χ1v) is 7.85. The number of fused-ring (bicyclic) bond motifs is 1. The van der Waals surface area contributed by atoms with Crippen LogP contribution in [0.5, 0.6) is 5.75 Å². The van der Waals surface area contributed by atoms with Gasteiger partial charge in [0.15, 0.2) is 0 Å². The van der Waals surface area contributed by atoms with Crippen LogP contribution in [0.2, 0.25) is 0 Å². The zero-order valence-electron chi connectivity index (χ0n) is 10.3. The highest BCUT2D eigenvalue weighted by atomic mass is 79.9. The lowest BCUT2D eigenvalue weighted by atomic mass is 9.95. The molecule has 0 radical (unpaired) electrons. The third kappa shape index (κ3) is 3.47. The molecule has 2 rings (SSSR count). The van der Waals surface area contributed by atoms with Crippen molar-refractivity contribution in [1.82, 2.24) is 0 Å². The lowest BCUT2D eigenvalue weighted by molar-refractivity contribution is 0.351. The quantitative estimate of drug-likeness (QED) is 0.704. The molecule has 1 aliphatic heterocycles. The first-order chi connectivity index (χ1) is 8.06. The Hall–Kier alpha value is -0.0200. The summed E-state index contributed by atoms with van der Waals surface area (Å²) in [6.07, 6.45) is 3.34. The second-order valence-electron chi connectivity index (χ2n) is 4.98. The van der Waals surface area contributed by atoms with E-state index in [1.165, 1.54) is 22.0 Å². The molecule has 0 spiro atoms. The van der Waals surface area contributed by atoms with Gasteiger partial charge in [-0.05, 0) is 42.0 Å². The number of hydrogen-bond acceptors (Lipinski definition) is 1. The lowest BCUT2D eigenvalue weighted by Gasteiger charge is -2.15. The fourth-order valence-electron chi connectivity index (χ4n) is 2.51. The maximum atomic E-state index is 5.76. The molecule has 0 saturated carbocycles. The fourth-order valence-corrected chi connectivity index (χ4v) is 3.70. The predicted octanol–water partition coefficient (Wildman–Crippen LogP) is 4.74. The second kappa shape index (κ2) is 5.75. The summed E-state index contributed by atoms with van der Waals surface area (Å²) in [5.74, 6) is 1.81. The molecule has 17 heavy (non-hydrogen) atoms. The largest absolute Gasteiger partial charge is 0.493 e. The molecule has 0 fully saturated rings. The van der Waals surface area contributed by atoms with E-state index in [2.05, 4.69) is 57.8 Å². The van der Waals surface area contributed by atoms with Crippen molar-refractivity contribution in [3.05, 3.63) is 27.7 Å². The van der Waals surface area contributed by atoms with Crippen LogP contribution in [0.1, 0.15) is 31.4 Å². The van der Waals surface area contributed by atoms with E-state index in [9.17, 15) is 0 Å². The maximum absolute atomic E-state index is 5.76. The first kappa shape index (κ1) is 13.4. The summed E-state index contributed by atoms with van der Waals surface area (Å²) in [4.78, 5) is 0.582. The Kier molecular flexibility index (Phi) is 4.53. The molecule has 94 valence electrons. The van der Waals surface area contributed by atoms with Gasteiger partial charge in [0, 0.05) is 15.7 Å². The van der Waals surface area contributed by atoms with E-state index in [-0.39, 0.29) is 0 Å². The van der Waals surface area contributed by atoms with Crippen LogP contribution in [0.25, 0.3) is 0 Å². The van der Waals surface area contributed by atoms with Crippen LogP contribution >= 0.6 is 31.9 Å². The van der Waals surface area contributed by atoms with Gasteiger partial charge in [0.25, 0.3) is 0 Å². The van der Waals surface area contributed by atoms with E-state index in [1.807, 2.05) is 0 Å². The van der Waals surface area contributed by atoms with Crippen LogP contribution in [0, 0.1) is 5.92 Å². The second-order valence-corrected chi connectivity index (χ2v) is 7.46.